The van der Waals surface area contributed by atoms with Crippen LogP contribution >= 0.6 is 0 Å². The molecule has 7 nitrogen and oxygen atoms in total. The Morgan fingerprint density at radius 2 is 2.29 bits per heavy atom. The van der Waals surface area contributed by atoms with Crippen LogP contribution in [0, 0.1) is 6.92 Å². The first kappa shape index (κ1) is 10.2. The molecule has 8 heteroatoms. The average molecular weight is 234 g/mol. The molecule has 17 heavy (non-hydrogen) atoms. The van der Waals surface area contributed by atoms with Gasteiger partial charge in [0.25, 0.3) is 5.82 Å². The van der Waals surface area contributed by atoms with Crippen molar-refractivity contribution in [1.29, 1.82) is 0 Å². The average Bonchev–Trinajstić information content (AvgIpc) is 2.79. The van der Waals surface area contributed by atoms with Gasteiger partial charge in [0.05, 0.1) is 10.8 Å². The van der Waals surface area contributed by atoms with Crippen LogP contribution in [-0.4, -0.2) is 26.9 Å². The summed E-state index contributed by atoms with van der Waals surface area (Å²) in [4.78, 5) is 4.28. The third-order valence-electron chi connectivity index (χ3n) is 2.72. The van der Waals surface area contributed by atoms with E-state index in [1.165, 1.54) is 4.73 Å². The molecule has 0 fully saturated rings. The van der Waals surface area contributed by atoms with E-state index in [0.717, 1.165) is 11.5 Å². The van der Waals surface area contributed by atoms with Crippen LogP contribution in [0.2, 0.25) is 0 Å². The summed E-state index contributed by atoms with van der Waals surface area (Å²) >= 11 is 0. The number of hydrogen-bond donors (Lipinski definition) is 2. The zero-order valence-corrected chi connectivity index (χ0v) is 9.19. The Hall–Kier alpha value is -1.93. The van der Waals surface area contributed by atoms with Crippen LogP contribution in [0.1, 0.15) is 5.69 Å². The van der Waals surface area contributed by atoms with Crippen molar-refractivity contribution < 1.29 is 24.1 Å². The minimum atomic E-state index is -1.86. The first-order valence-corrected chi connectivity index (χ1v) is 5.17. The van der Waals surface area contributed by atoms with E-state index in [1.54, 1.807) is 18.5 Å². The molecule has 0 aromatic carbocycles. The van der Waals surface area contributed by atoms with Gasteiger partial charge in [-0.05, 0) is 6.92 Å². The fourth-order valence-electron chi connectivity index (χ4n) is 1.99. The van der Waals surface area contributed by atoms with E-state index in [2.05, 4.69) is 4.98 Å². The summed E-state index contributed by atoms with van der Waals surface area (Å²) in [7, 11) is -1.86. The Balaban J connectivity index is 2.15. The van der Waals surface area contributed by atoms with Crippen LogP contribution in [0.15, 0.2) is 24.7 Å². The van der Waals surface area contributed by atoms with Gasteiger partial charge in [0, 0.05) is 11.9 Å². The zero-order valence-electron chi connectivity index (χ0n) is 9.19. The highest BCUT2D eigenvalue weighted by molar-refractivity contribution is 6.32. The predicted octanol–water partition coefficient (Wildman–Crippen LogP) is -2.35. The molecule has 86 valence electrons. The molecule has 0 amide bonds. The standard InChI is InChI=1S/C9H11BN4O3/c1-7-5-11-8-9-12(6-13(7)8)3-2-4-14(9)17-10(15)16/h2-5,15-16H,6H2,1H3/q+2. The molecule has 3 rings (SSSR count). The van der Waals surface area contributed by atoms with Crippen LogP contribution in [0.3, 0.4) is 0 Å². The maximum atomic E-state index is 8.87. The molecular weight excluding hydrogens is 223 g/mol. The molecule has 0 atom stereocenters. The molecule has 0 aliphatic carbocycles. The first-order chi connectivity index (χ1) is 8.16. The number of rotatable bonds is 2. The van der Waals surface area contributed by atoms with Crippen LogP contribution in [-0.2, 0) is 6.67 Å². The highest BCUT2D eigenvalue weighted by atomic mass is 16.7. The van der Waals surface area contributed by atoms with Crippen LogP contribution in [0.25, 0.3) is 11.6 Å². The third kappa shape index (κ3) is 1.49. The lowest BCUT2D eigenvalue weighted by Crippen LogP contribution is -2.57. The second kappa shape index (κ2) is 3.54. The van der Waals surface area contributed by atoms with Crippen molar-refractivity contribution in [2.45, 2.75) is 13.6 Å². The lowest BCUT2D eigenvalue weighted by atomic mass is 10.3. The lowest BCUT2D eigenvalue weighted by Gasteiger charge is -1.95. The zero-order chi connectivity index (χ0) is 12.0. The van der Waals surface area contributed by atoms with Gasteiger partial charge in [-0.3, -0.25) is 9.32 Å². The van der Waals surface area contributed by atoms with Crippen molar-refractivity contribution in [3.8, 4) is 11.6 Å². The summed E-state index contributed by atoms with van der Waals surface area (Å²) in [5.41, 5.74) is 1.04. The summed E-state index contributed by atoms with van der Waals surface area (Å²) in [5, 5.41) is 17.7. The van der Waals surface area contributed by atoms with E-state index >= 15 is 0 Å². The van der Waals surface area contributed by atoms with E-state index in [-0.39, 0.29) is 0 Å². The SMILES string of the molecule is Cc1cnc2n1C[n+]1ccc[n+](OB(O)O)c1-2. The lowest BCUT2D eigenvalue weighted by molar-refractivity contribution is -0.909. The summed E-state index contributed by atoms with van der Waals surface area (Å²) in [5.74, 6) is 1.41. The highest BCUT2D eigenvalue weighted by Crippen LogP contribution is 2.16. The Morgan fingerprint density at radius 1 is 1.47 bits per heavy atom. The normalized spacial score (nSPS) is 12.2. The highest BCUT2D eigenvalue weighted by Gasteiger charge is 2.41. The van der Waals surface area contributed by atoms with Gasteiger partial charge >= 0.3 is 13.1 Å². The van der Waals surface area contributed by atoms with Gasteiger partial charge in [-0.25, -0.2) is 4.98 Å². The summed E-state index contributed by atoms with van der Waals surface area (Å²) < 4.78 is 10.1. The Kier molecular flexibility index (Phi) is 2.13. The van der Waals surface area contributed by atoms with E-state index < -0.39 is 7.32 Å². The molecule has 0 saturated carbocycles. The van der Waals surface area contributed by atoms with E-state index in [9.17, 15) is 0 Å². The molecule has 2 aromatic rings. The quantitative estimate of drug-likeness (QED) is 0.384. The molecule has 2 N–H and O–H groups in total. The topological polar surface area (TPSA) is 75.3 Å². The Labute approximate surface area is 97.3 Å². The van der Waals surface area contributed by atoms with Crippen molar-refractivity contribution >= 4 is 7.32 Å². The van der Waals surface area contributed by atoms with Crippen molar-refractivity contribution in [2.24, 2.45) is 0 Å². The van der Waals surface area contributed by atoms with Gasteiger partial charge in [-0.15, -0.1) is 4.57 Å². The summed E-state index contributed by atoms with van der Waals surface area (Å²) in [6.45, 7) is 2.61. The fraction of sp³-hybridized carbons (Fsp3) is 0.222. The van der Waals surface area contributed by atoms with Crippen LogP contribution in [0.5, 0.6) is 0 Å². The van der Waals surface area contributed by atoms with Crippen molar-refractivity contribution in [3.63, 3.8) is 0 Å². The molecule has 0 radical (unpaired) electrons. The van der Waals surface area contributed by atoms with Gasteiger partial charge < -0.3 is 10.0 Å². The van der Waals surface area contributed by atoms with E-state index in [1.807, 2.05) is 22.3 Å². The minimum Gasteiger partial charge on any atom is -0.387 e. The monoisotopic (exact) mass is 234 g/mol. The van der Waals surface area contributed by atoms with Crippen LogP contribution < -0.4 is 14.1 Å². The number of fused-ring (bicyclic) bond motifs is 3. The van der Waals surface area contributed by atoms with Gasteiger partial charge in [0.2, 0.25) is 12.9 Å². The van der Waals surface area contributed by atoms with Crippen LogP contribution in [0.4, 0.5) is 0 Å². The van der Waals surface area contributed by atoms with E-state index in [4.69, 9.17) is 14.8 Å². The molecular formula is C9H11BN4O3+2. The molecule has 3 heterocycles. The number of aromatic nitrogens is 4. The number of hydrogen-bond acceptors (Lipinski definition) is 4. The molecule has 2 aromatic heterocycles. The fourth-order valence-corrected chi connectivity index (χ4v) is 1.99. The molecule has 1 aliphatic heterocycles. The van der Waals surface area contributed by atoms with E-state index in [0.29, 0.717) is 12.5 Å². The predicted molar refractivity (Wildman–Crippen MR) is 55.0 cm³/mol. The molecule has 1 aliphatic rings. The third-order valence-corrected chi connectivity index (χ3v) is 2.72. The molecule has 0 saturated heterocycles. The molecule has 0 spiro atoms. The summed E-state index contributed by atoms with van der Waals surface area (Å²) in [6, 6.07) is 1.76. The second-order valence-corrected chi connectivity index (χ2v) is 3.83. The largest absolute Gasteiger partial charge is 0.772 e. The van der Waals surface area contributed by atoms with Crippen molar-refractivity contribution in [2.75, 3.05) is 0 Å². The Bertz CT molecular complexity index is 584. The number of imidazole rings is 1. The first-order valence-electron chi connectivity index (χ1n) is 5.17. The maximum Gasteiger partial charge on any atom is 0.772 e. The molecule has 0 unspecified atom stereocenters. The summed E-state index contributed by atoms with van der Waals surface area (Å²) in [6.07, 6.45) is 5.25. The minimum absolute atomic E-state index is 0.641. The number of nitrogens with zero attached hydrogens (tertiary/aromatic N) is 4. The maximum absolute atomic E-state index is 8.87. The van der Waals surface area contributed by atoms with Gasteiger partial charge in [-0.2, -0.15) is 0 Å². The number of aryl methyl sites for hydroxylation is 1. The smallest absolute Gasteiger partial charge is 0.387 e. The van der Waals surface area contributed by atoms with Gasteiger partial charge in [0.15, 0.2) is 6.20 Å². The molecule has 0 bridgehead atoms. The van der Waals surface area contributed by atoms with Gasteiger partial charge in [0.1, 0.15) is 0 Å². The second-order valence-electron chi connectivity index (χ2n) is 3.83. The van der Waals surface area contributed by atoms with Gasteiger partial charge in [-0.1, -0.05) is 0 Å². The Morgan fingerprint density at radius 3 is 3.06 bits per heavy atom. The van der Waals surface area contributed by atoms with Crippen molar-refractivity contribution in [3.05, 3.63) is 30.4 Å². The van der Waals surface area contributed by atoms with Crippen molar-refractivity contribution in [1.82, 2.24) is 9.55 Å².